The molecule has 3 aliphatic carbocycles. The predicted molar refractivity (Wildman–Crippen MR) is 162 cm³/mol. The topological polar surface area (TPSA) is 282 Å². The van der Waals surface area contributed by atoms with Crippen molar-refractivity contribution in [3.8, 4) is 5.75 Å². The minimum Gasteiger partial charge on any atom is -0.510 e. The third-order valence-electron chi connectivity index (χ3n) is 8.56. The van der Waals surface area contributed by atoms with Crippen molar-refractivity contribution in [2.75, 3.05) is 25.5 Å². The van der Waals surface area contributed by atoms with Crippen LogP contribution in [0.3, 0.4) is 0 Å². The van der Waals surface area contributed by atoms with Crippen LogP contribution in [0.4, 0.5) is 11.4 Å². The van der Waals surface area contributed by atoms with Gasteiger partial charge in [0.05, 0.1) is 16.5 Å². The number of aliphatic hydroxyl groups excluding tert-OH is 2. The second kappa shape index (κ2) is 13.0. The number of primary amides is 1. The Morgan fingerprint density at radius 3 is 2.22 bits per heavy atom. The lowest BCUT2D eigenvalue weighted by Crippen LogP contribution is -2.63. The Kier molecular flexibility index (Phi) is 10.2. The maximum Gasteiger partial charge on any atom is 0.394 e. The monoisotopic (exact) mass is 670 g/mol. The molecule has 1 aromatic carbocycles. The molecular formula is C28H38N4O13S. The number of carbonyl (C=O) groups excluding carboxylic acids is 3. The minimum atomic E-state index is -4.67. The Hall–Kier alpha value is -4.10. The molecule has 4 rings (SSSR count). The number of allylic oxidation sites excluding steroid dienone is 1. The van der Waals surface area contributed by atoms with Gasteiger partial charge in [-0.1, -0.05) is 13.3 Å². The highest BCUT2D eigenvalue weighted by atomic mass is 32.3. The summed E-state index contributed by atoms with van der Waals surface area (Å²) in [5, 5.41) is 57.0. The van der Waals surface area contributed by atoms with Gasteiger partial charge in [-0.25, -0.2) is 0 Å². The van der Waals surface area contributed by atoms with E-state index in [1.54, 1.807) is 14.1 Å². The third kappa shape index (κ3) is 6.30. The number of aliphatic hydroxyl groups is 3. The van der Waals surface area contributed by atoms with Crippen LogP contribution in [-0.2, 0) is 26.4 Å². The molecule has 1 amide bonds. The van der Waals surface area contributed by atoms with Crippen LogP contribution in [-0.4, -0.2) is 104 Å². The normalized spacial score (nSPS) is 24.3. The van der Waals surface area contributed by atoms with Gasteiger partial charge >= 0.3 is 16.1 Å². The first-order chi connectivity index (χ1) is 21.1. The standard InChI is InChI=1S/C28H36N4O9.H2O4S/c1-6-7-8-31(12(2)3)16-11-17(32(40)41)22(33)19-14(16)9-13-10-15-21(30(4)5)24(35)20(27(29)38)26(37)28(15,39)25(36)18(13)23(19)34;1-5(2,3)4/h11-13,15,21,33,35-36,39H,6-10H2,1-5H3,(H2,29,38);(H2,1,2,3,4)/t13?,15?,21-,28-;/m0./s1. The van der Waals surface area contributed by atoms with Gasteiger partial charge in [0.2, 0.25) is 11.5 Å². The zero-order valence-corrected chi connectivity index (χ0v) is 26.6. The van der Waals surface area contributed by atoms with E-state index < -0.39 is 84.8 Å². The molecule has 0 spiro atoms. The third-order valence-corrected chi connectivity index (χ3v) is 8.56. The molecule has 0 radical (unpaired) electrons. The molecule has 0 heterocycles. The van der Waals surface area contributed by atoms with Crippen molar-refractivity contribution in [2.24, 2.45) is 17.6 Å². The van der Waals surface area contributed by atoms with Crippen molar-refractivity contribution in [3.05, 3.63) is 50.0 Å². The van der Waals surface area contributed by atoms with Gasteiger partial charge in [0.1, 0.15) is 17.1 Å². The number of nitrogens with two attached hydrogens (primary N) is 1. The van der Waals surface area contributed by atoms with Crippen molar-refractivity contribution in [1.29, 1.82) is 0 Å². The molecule has 17 nitrogen and oxygen atoms in total. The highest BCUT2D eigenvalue weighted by molar-refractivity contribution is 7.79. The molecule has 0 bridgehead atoms. The number of aromatic hydroxyl groups is 1. The summed E-state index contributed by atoms with van der Waals surface area (Å²) in [6.45, 7) is 6.34. The van der Waals surface area contributed by atoms with Crippen LogP contribution in [0.25, 0.3) is 0 Å². The summed E-state index contributed by atoms with van der Waals surface area (Å²) in [5.41, 5.74) is 1.00. The van der Waals surface area contributed by atoms with E-state index in [1.165, 1.54) is 11.0 Å². The summed E-state index contributed by atoms with van der Waals surface area (Å²) >= 11 is 0. The summed E-state index contributed by atoms with van der Waals surface area (Å²) < 4.78 is 31.6. The van der Waals surface area contributed by atoms with Gasteiger partial charge in [-0.2, -0.15) is 8.42 Å². The molecule has 3 aliphatic rings. The molecule has 0 fully saturated rings. The summed E-state index contributed by atoms with van der Waals surface area (Å²) in [5.74, 6) is -8.10. The van der Waals surface area contributed by atoms with Crippen LogP contribution < -0.4 is 10.6 Å². The van der Waals surface area contributed by atoms with E-state index >= 15 is 0 Å². The fraction of sp³-hybridized carbons (Fsp3) is 0.536. The van der Waals surface area contributed by atoms with E-state index in [0.29, 0.717) is 17.8 Å². The van der Waals surface area contributed by atoms with E-state index in [-0.39, 0.29) is 30.0 Å². The van der Waals surface area contributed by atoms with Crippen LogP contribution in [0.1, 0.15) is 56.0 Å². The Labute approximate surface area is 264 Å². The van der Waals surface area contributed by atoms with Crippen LogP contribution in [0.5, 0.6) is 5.75 Å². The number of fused-ring (bicyclic) bond motifs is 3. The molecule has 1 aromatic rings. The first-order valence-corrected chi connectivity index (χ1v) is 15.6. The van der Waals surface area contributed by atoms with Crippen LogP contribution in [0.15, 0.2) is 28.7 Å². The number of rotatable bonds is 8. The number of hydrogen-bond donors (Lipinski definition) is 7. The van der Waals surface area contributed by atoms with Gasteiger partial charge in [-0.05, 0) is 58.7 Å². The van der Waals surface area contributed by atoms with Crippen molar-refractivity contribution < 1.29 is 57.3 Å². The number of benzene rings is 1. The molecule has 0 saturated heterocycles. The number of phenolic OH excluding ortho intramolecular Hbond substituents is 1. The quantitative estimate of drug-likeness (QED) is 0.0890. The molecule has 0 aromatic heterocycles. The van der Waals surface area contributed by atoms with Crippen molar-refractivity contribution in [3.63, 3.8) is 0 Å². The van der Waals surface area contributed by atoms with Gasteiger partial charge in [-0.3, -0.25) is 38.5 Å². The highest BCUT2D eigenvalue weighted by Gasteiger charge is 2.63. The summed E-state index contributed by atoms with van der Waals surface area (Å²) in [7, 11) is -1.56. The number of carbonyl (C=O) groups is 3. The smallest absolute Gasteiger partial charge is 0.394 e. The van der Waals surface area contributed by atoms with Gasteiger partial charge in [0.25, 0.3) is 5.91 Å². The molecule has 18 heteroatoms. The van der Waals surface area contributed by atoms with Crippen LogP contribution in [0, 0.1) is 22.0 Å². The van der Waals surface area contributed by atoms with Gasteiger partial charge in [0.15, 0.2) is 11.4 Å². The van der Waals surface area contributed by atoms with E-state index in [2.05, 4.69) is 0 Å². The number of nitro groups is 1. The summed E-state index contributed by atoms with van der Waals surface area (Å²) in [6.07, 6.45) is 1.59. The Bertz CT molecular complexity index is 1640. The average Bonchev–Trinajstić information content (AvgIpc) is 2.90. The Balaban J connectivity index is 0.00000107. The molecule has 0 aliphatic heterocycles. The van der Waals surface area contributed by atoms with Gasteiger partial charge in [-0.15, -0.1) is 0 Å². The van der Waals surface area contributed by atoms with Crippen molar-refractivity contribution in [1.82, 2.24) is 4.90 Å². The number of likely N-dealkylation sites (N-methyl/N-ethyl adjacent to an activating group) is 1. The first kappa shape index (κ1) is 36.4. The molecule has 254 valence electrons. The second-order valence-corrected chi connectivity index (χ2v) is 12.8. The fourth-order valence-corrected chi connectivity index (χ4v) is 6.67. The van der Waals surface area contributed by atoms with Crippen LogP contribution >= 0.6 is 0 Å². The maximum atomic E-state index is 14.0. The zero-order valence-electron chi connectivity index (χ0n) is 25.8. The SMILES string of the molecule is CCCCN(c1cc([N+](=O)[O-])c(O)c2c1CC1CC3[C@H](N(C)C)C(O)=C(C(N)=O)C(=O)[C@@]3(O)C(O)=C1C2=O)C(C)C.O=S(=O)(O)O. The predicted octanol–water partition coefficient (Wildman–Crippen LogP) is 1.39. The van der Waals surface area contributed by atoms with Crippen molar-refractivity contribution >= 4 is 39.2 Å². The number of unbranched alkanes of at least 4 members (excludes halogenated alkanes) is 1. The largest absolute Gasteiger partial charge is 0.510 e. The molecule has 46 heavy (non-hydrogen) atoms. The van der Waals surface area contributed by atoms with Gasteiger partial charge in [0, 0.05) is 35.8 Å². The van der Waals surface area contributed by atoms with Crippen molar-refractivity contribution in [2.45, 2.75) is 64.1 Å². The average molecular weight is 671 g/mol. The number of anilines is 1. The van der Waals surface area contributed by atoms with E-state index in [9.17, 15) is 44.9 Å². The molecule has 2 unspecified atom stereocenters. The van der Waals surface area contributed by atoms with Crippen LogP contribution in [0.2, 0.25) is 0 Å². The Morgan fingerprint density at radius 1 is 1.20 bits per heavy atom. The maximum absolute atomic E-state index is 14.0. The number of nitrogens with zero attached hydrogens (tertiary/aromatic N) is 3. The molecule has 8 N–H and O–H groups in total. The second-order valence-electron chi connectivity index (χ2n) is 11.9. The number of hydrogen-bond acceptors (Lipinski definition) is 13. The number of Topliss-reactive ketones (excluding diaryl/α,β-unsaturated/α-hetero) is 2. The van der Waals surface area contributed by atoms with E-state index in [4.69, 9.17) is 23.3 Å². The first-order valence-electron chi connectivity index (χ1n) is 14.3. The highest BCUT2D eigenvalue weighted by Crippen LogP contribution is 2.54. The lowest BCUT2D eigenvalue weighted by Gasteiger charge is -2.50. The fourth-order valence-electron chi connectivity index (χ4n) is 6.67. The minimum absolute atomic E-state index is 0.0464. The zero-order chi connectivity index (χ0) is 35.2. The number of nitro benzene ring substituents is 1. The number of ketones is 2. The summed E-state index contributed by atoms with van der Waals surface area (Å²) in [4.78, 5) is 54.1. The van der Waals surface area contributed by atoms with E-state index in [1.807, 2.05) is 25.7 Å². The summed E-state index contributed by atoms with van der Waals surface area (Å²) in [6, 6.07) is 0.0302. The molecular weight excluding hydrogens is 632 g/mol. The lowest BCUT2D eigenvalue weighted by molar-refractivity contribution is -0.385. The Morgan fingerprint density at radius 2 is 1.76 bits per heavy atom. The number of amides is 1. The number of phenols is 1. The molecule has 0 saturated carbocycles. The molecule has 4 atom stereocenters. The van der Waals surface area contributed by atoms with Gasteiger partial charge < -0.3 is 31.1 Å². The lowest BCUT2D eigenvalue weighted by atomic mass is 9.58. The van der Waals surface area contributed by atoms with E-state index in [0.717, 1.165) is 12.8 Å².